The highest BCUT2D eigenvalue weighted by Gasteiger charge is 2.22. The normalized spacial score (nSPS) is 17.3. The molecule has 2 rings (SSSR count). The Bertz CT molecular complexity index is 555. The molecule has 2 heterocycles. The Morgan fingerprint density at radius 3 is 2.88 bits per heavy atom. The van der Waals surface area contributed by atoms with Gasteiger partial charge in [0.1, 0.15) is 15.8 Å². The monoisotopic (exact) mass is 263 g/mol. The molecule has 3 nitrogen and oxygen atoms in total. The molecule has 5 heteroatoms. The lowest BCUT2D eigenvalue weighted by Gasteiger charge is -1.93. The van der Waals surface area contributed by atoms with Gasteiger partial charge in [-0.2, -0.15) is 0 Å². The van der Waals surface area contributed by atoms with Gasteiger partial charge in [-0.25, -0.2) is 0 Å². The van der Waals surface area contributed by atoms with Crippen LogP contribution in [0.3, 0.4) is 0 Å². The third-order valence-corrected chi connectivity index (χ3v) is 3.27. The smallest absolute Gasteiger partial charge is 0.263 e. The molecular formula is C12H9NO2S2. The van der Waals surface area contributed by atoms with Crippen molar-refractivity contribution < 1.29 is 9.21 Å². The van der Waals surface area contributed by atoms with E-state index in [4.69, 9.17) is 16.6 Å². The first-order valence-electron chi connectivity index (χ1n) is 4.76. The summed E-state index contributed by atoms with van der Waals surface area (Å²) in [6, 6.07) is 3.55. The lowest BCUT2D eigenvalue weighted by atomic mass is 10.2. The minimum absolute atomic E-state index is 0.194. The van der Waals surface area contributed by atoms with Crippen LogP contribution in [0, 0.1) is 0 Å². The second-order valence-electron chi connectivity index (χ2n) is 3.28. The van der Waals surface area contributed by atoms with Gasteiger partial charge < -0.3 is 9.73 Å². The fourth-order valence-electron chi connectivity index (χ4n) is 1.25. The zero-order valence-electron chi connectivity index (χ0n) is 8.86. The van der Waals surface area contributed by atoms with Crippen LogP contribution in [0.4, 0.5) is 0 Å². The van der Waals surface area contributed by atoms with Gasteiger partial charge in [0.05, 0.1) is 4.91 Å². The molecule has 1 saturated heterocycles. The van der Waals surface area contributed by atoms with Gasteiger partial charge in [0.25, 0.3) is 5.91 Å². The number of thiocarbonyl (C=S) groups is 1. The van der Waals surface area contributed by atoms with Gasteiger partial charge in [-0.05, 0) is 12.1 Å². The van der Waals surface area contributed by atoms with Crippen LogP contribution in [0.5, 0.6) is 0 Å². The third-order valence-electron chi connectivity index (χ3n) is 2.11. The van der Waals surface area contributed by atoms with Crippen LogP contribution < -0.4 is 5.32 Å². The summed E-state index contributed by atoms with van der Waals surface area (Å²) in [4.78, 5) is 12.0. The van der Waals surface area contributed by atoms with Gasteiger partial charge >= 0.3 is 0 Å². The SMILES string of the molecule is C=CC(=C)c1ccc(C=C2SC(=S)NC2=O)o1. The summed E-state index contributed by atoms with van der Waals surface area (Å²) in [5, 5.41) is 2.54. The molecule has 0 spiro atoms. The van der Waals surface area contributed by atoms with Crippen LogP contribution in [0.25, 0.3) is 11.6 Å². The molecule has 1 amide bonds. The Morgan fingerprint density at radius 1 is 1.53 bits per heavy atom. The molecule has 1 N–H and O–H groups in total. The molecule has 0 saturated carbocycles. The van der Waals surface area contributed by atoms with Crippen LogP contribution >= 0.6 is 24.0 Å². The van der Waals surface area contributed by atoms with Crippen molar-refractivity contribution in [3.8, 4) is 0 Å². The van der Waals surface area contributed by atoms with Crippen molar-refractivity contribution in [1.82, 2.24) is 5.32 Å². The fraction of sp³-hybridized carbons (Fsp3) is 0. The molecular weight excluding hydrogens is 254 g/mol. The summed E-state index contributed by atoms with van der Waals surface area (Å²) in [6.07, 6.45) is 3.26. The van der Waals surface area contributed by atoms with Crippen molar-refractivity contribution in [1.29, 1.82) is 0 Å². The Morgan fingerprint density at radius 2 is 2.29 bits per heavy atom. The van der Waals surface area contributed by atoms with Crippen LogP contribution in [-0.4, -0.2) is 10.2 Å². The highest BCUT2D eigenvalue weighted by molar-refractivity contribution is 8.26. The zero-order chi connectivity index (χ0) is 12.4. The highest BCUT2D eigenvalue weighted by Crippen LogP contribution is 2.27. The molecule has 0 unspecified atom stereocenters. The lowest BCUT2D eigenvalue weighted by molar-refractivity contribution is -0.115. The van der Waals surface area contributed by atoms with Crippen molar-refractivity contribution in [2.75, 3.05) is 0 Å². The van der Waals surface area contributed by atoms with E-state index in [1.54, 1.807) is 24.3 Å². The predicted molar refractivity (Wildman–Crippen MR) is 74.2 cm³/mol. The lowest BCUT2D eigenvalue weighted by Crippen LogP contribution is -2.17. The second-order valence-corrected chi connectivity index (χ2v) is 5.00. The topological polar surface area (TPSA) is 42.2 Å². The van der Waals surface area contributed by atoms with E-state index < -0.39 is 0 Å². The molecule has 0 aliphatic carbocycles. The number of hydrogen-bond acceptors (Lipinski definition) is 4. The van der Waals surface area contributed by atoms with E-state index in [1.807, 2.05) is 0 Å². The van der Waals surface area contributed by atoms with Crippen molar-refractivity contribution in [3.05, 3.63) is 47.8 Å². The van der Waals surface area contributed by atoms with Crippen LogP contribution in [0.15, 0.2) is 40.7 Å². The zero-order valence-corrected chi connectivity index (χ0v) is 10.5. The Labute approximate surface area is 108 Å². The molecule has 1 aliphatic rings. The van der Waals surface area contributed by atoms with E-state index in [2.05, 4.69) is 18.5 Å². The molecule has 0 aromatic carbocycles. The fourth-order valence-corrected chi connectivity index (χ4v) is 2.28. The largest absolute Gasteiger partial charge is 0.457 e. The minimum atomic E-state index is -0.194. The number of rotatable bonds is 3. The molecule has 1 aromatic rings. The number of allylic oxidation sites excluding steroid dienone is 2. The summed E-state index contributed by atoms with van der Waals surface area (Å²) in [5.74, 6) is 1.03. The standard InChI is InChI=1S/C12H9NO2S2/c1-3-7(2)9-5-4-8(15-9)6-10-11(14)13-12(16)17-10/h3-6H,1-2H2,(H,13,14,16). The number of nitrogens with one attached hydrogen (secondary N) is 1. The van der Waals surface area contributed by atoms with Crippen molar-refractivity contribution >= 4 is 45.9 Å². The second kappa shape index (κ2) is 4.73. The maximum absolute atomic E-state index is 11.4. The molecule has 1 fully saturated rings. The van der Waals surface area contributed by atoms with E-state index in [0.717, 1.165) is 0 Å². The number of thioether (sulfide) groups is 1. The number of carbonyl (C=O) groups is 1. The molecule has 1 aromatic heterocycles. The molecule has 86 valence electrons. The first-order chi connectivity index (χ1) is 8.10. The number of amides is 1. The third kappa shape index (κ3) is 2.57. The van der Waals surface area contributed by atoms with E-state index in [0.29, 0.717) is 26.3 Å². The summed E-state index contributed by atoms with van der Waals surface area (Å²) in [6.45, 7) is 7.39. The Kier molecular flexibility index (Phi) is 3.31. The van der Waals surface area contributed by atoms with Crippen LogP contribution in [0.2, 0.25) is 0 Å². The van der Waals surface area contributed by atoms with Gasteiger partial charge in [0.2, 0.25) is 0 Å². The van der Waals surface area contributed by atoms with E-state index in [1.165, 1.54) is 11.8 Å². The Hall–Kier alpha value is -1.59. The molecule has 0 atom stereocenters. The summed E-state index contributed by atoms with van der Waals surface area (Å²) in [5.41, 5.74) is 0.702. The summed E-state index contributed by atoms with van der Waals surface area (Å²) >= 11 is 6.11. The van der Waals surface area contributed by atoms with E-state index in [9.17, 15) is 4.79 Å². The maximum atomic E-state index is 11.4. The van der Waals surface area contributed by atoms with Crippen molar-refractivity contribution in [2.45, 2.75) is 0 Å². The molecule has 0 bridgehead atoms. The van der Waals surface area contributed by atoms with Gasteiger partial charge in [-0.1, -0.05) is 43.2 Å². The average Bonchev–Trinajstić information content (AvgIpc) is 2.86. The number of carbonyl (C=O) groups excluding carboxylic acids is 1. The summed E-state index contributed by atoms with van der Waals surface area (Å²) < 4.78 is 5.96. The number of hydrogen-bond donors (Lipinski definition) is 1. The van der Waals surface area contributed by atoms with Gasteiger partial charge in [0.15, 0.2) is 0 Å². The molecule has 17 heavy (non-hydrogen) atoms. The maximum Gasteiger partial charge on any atom is 0.263 e. The van der Waals surface area contributed by atoms with Gasteiger partial charge in [-0.15, -0.1) is 0 Å². The average molecular weight is 263 g/mol. The van der Waals surface area contributed by atoms with Crippen molar-refractivity contribution in [3.63, 3.8) is 0 Å². The summed E-state index contributed by atoms with van der Waals surface area (Å²) in [7, 11) is 0. The number of furan rings is 1. The quantitative estimate of drug-likeness (QED) is 0.517. The van der Waals surface area contributed by atoms with Gasteiger partial charge in [0, 0.05) is 11.6 Å². The predicted octanol–water partition coefficient (Wildman–Crippen LogP) is 2.97. The highest BCUT2D eigenvalue weighted by atomic mass is 32.2. The van der Waals surface area contributed by atoms with Gasteiger partial charge in [-0.3, -0.25) is 4.79 Å². The Balaban J connectivity index is 2.25. The first kappa shape index (κ1) is 11.9. The first-order valence-corrected chi connectivity index (χ1v) is 5.99. The molecule has 0 radical (unpaired) electrons. The molecule has 1 aliphatic heterocycles. The minimum Gasteiger partial charge on any atom is -0.457 e. The van der Waals surface area contributed by atoms with Crippen LogP contribution in [-0.2, 0) is 4.79 Å². The van der Waals surface area contributed by atoms with Crippen LogP contribution in [0.1, 0.15) is 11.5 Å². The van der Waals surface area contributed by atoms with Crippen molar-refractivity contribution in [2.24, 2.45) is 0 Å². The van der Waals surface area contributed by atoms with E-state index in [-0.39, 0.29) is 5.91 Å². The van der Waals surface area contributed by atoms with E-state index >= 15 is 0 Å².